The summed E-state index contributed by atoms with van der Waals surface area (Å²) in [4.78, 5) is 13.2. The molecule has 0 aliphatic carbocycles. The SMILES string of the molecule is Cc1ncc(-c2ccc(F)cc2)c([C@@H]2CCCN(Cc3sccc3C)C2)n1. The van der Waals surface area contributed by atoms with E-state index in [2.05, 4.69) is 28.3 Å². The number of nitrogens with zero attached hydrogens (tertiary/aromatic N) is 3. The van der Waals surface area contributed by atoms with Crippen LogP contribution in [0.5, 0.6) is 0 Å². The van der Waals surface area contributed by atoms with Gasteiger partial charge in [-0.05, 0) is 67.9 Å². The van der Waals surface area contributed by atoms with Crippen molar-refractivity contribution < 1.29 is 4.39 Å². The smallest absolute Gasteiger partial charge is 0.125 e. The predicted octanol–water partition coefficient (Wildman–Crippen LogP) is 5.34. The van der Waals surface area contributed by atoms with Crippen molar-refractivity contribution in [2.45, 2.75) is 39.2 Å². The lowest BCUT2D eigenvalue weighted by Gasteiger charge is -2.33. The molecule has 0 radical (unpaired) electrons. The normalized spacial score (nSPS) is 18.0. The Kier molecular flexibility index (Phi) is 5.32. The summed E-state index contributed by atoms with van der Waals surface area (Å²) in [5, 5.41) is 2.17. The molecule has 3 nitrogen and oxygen atoms in total. The van der Waals surface area contributed by atoms with Gasteiger partial charge in [0.1, 0.15) is 11.6 Å². The number of thiophene rings is 1. The molecule has 27 heavy (non-hydrogen) atoms. The number of likely N-dealkylation sites (tertiary alicyclic amines) is 1. The molecule has 3 heterocycles. The Hall–Kier alpha value is -2.11. The van der Waals surface area contributed by atoms with E-state index < -0.39 is 0 Å². The first kappa shape index (κ1) is 18.3. The van der Waals surface area contributed by atoms with E-state index in [1.54, 1.807) is 0 Å². The van der Waals surface area contributed by atoms with Crippen molar-refractivity contribution in [1.29, 1.82) is 0 Å². The number of piperidine rings is 1. The average molecular weight is 382 g/mol. The topological polar surface area (TPSA) is 29.0 Å². The van der Waals surface area contributed by atoms with Gasteiger partial charge in [0.15, 0.2) is 0 Å². The molecule has 0 unspecified atom stereocenters. The summed E-state index contributed by atoms with van der Waals surface area (Å²) in [5.41, 5.74) is 4.49. The van der Waals surface area contributed by atoms with Crippen molar-refractivity contribution in [1.82, 2.24) is 14.9 Å². The van der Waals surface area contributed by atoms with Gasteiger partial charge >= 0.3 is 0 Å². The molecule has 1 aliphatic heterocycles. The van der Waals surface area contributed by atoms with Crippen LogP contribution in [0.15, 0.2) is 41.9 Å². The van der Waals surface area contributed by atoms with Crippen LogP contribution in [-0.2, 0) is 6.54 Å². The molecule has 2 aromatic heterocycles. The molecule has 1 aliphatic rings. The fourth-order valence-electron chi connectivity index (χ4n) is 3.84. The molecule has 5 heteroatoms. The summed E-state index contributed by atoms with van der Waals surface area (Å²) in [5.74, 6) is 0.950. The molecule has 0 amide bonds. The molecular weight excluding hydrogens is 357 g/mol. The maximum atomic E-state index is 13.3. The zero-order valence-corrected chi connectivity index (χ0v) is 16.6. The maximum Gasteiger partial charge on any atom is 0.125 e. The van der Waals surface area contributed by atoms with Gasteiger partial charge in [0, 0.05) is 35.6 Å². The largest absolute Gasteiger partial charge is 0.298 e. The second-order valence-corrected chi connectivity index (χ2v) is 8.32. The molecule has 140 valence electrons. The maximum absolute atomic E-state index is 13.3. The van der Waals surface area contributed by atoms with E-state index in [0.717, 1.165) is 48.7 Å². The zero-order chi connectivity index (χ0) is 18.8. The van der Waals surface area contributed by atoms with Crippen LogP contribution in [0.1, 0.15) is 40.7 Å². The molecule has 0 N–H and O–H groups in total. The van der Waals surface area contributed by atoms with Gasteiger partial charge in [0.2, 0.25) is 0 Å². The quantitative estimate of drug-likeness (QED) is 0.611. The Labute approximate surface area is 163 Å². The summed E-state index contributed by atoms with van der Waals surface area (Å²) in [6.07, 6.45) is 4.19. The molecule has 0 spiro atoms. The average Bonchev–Trinajstić information content (AvgIpc) is 3.07. The van der Waals surface area contributed by atoms with Crippen LogP contribution < -0.4 is 0 Å². The predicted molar refractivity (Wildman–Crippen MR) is 108 cm³/mol. The van der Waals surface area contributed by atoms with Gasteiger partial charge < -0.3 is 0 Å². The lowest BCUT2D eigenvalue weighted by Crippen LogP contribution is -2.34. The molecule has 1 fully saturated rings. The Balaban J connectivity index is 1.61. The summed E-state index contributed by atoms with van der Waals surface area (Å²) in [6.45, 7) is 7.27. The molecule has 3 aromatic rings. The number of rotatable bonds is 4. The van der Waals surface area contributed by atoms with Crippen LogP contribution in [0.4, 0.5) is 4.39 Å². The van der Waals surface area contributed by atoms with Crippen LogP contribution >= 0.6 is 11.3 Å². The molecular formula is C22H24FN3S. The molecule has 4 rings (SSSR count). The van der Waals surface area contributed by atoms with E-state index in [0.29, 0.717) is 5.92 Å². The zero-order valence-electron chi connectivity index (χ0n) is 15.8. The highest BCUT2D eigenvalue weighted by Crippen LogP contribution is 2.34. The number of halogens is 1. The monoisotopic (exact) mass is 381 g/mol. The number of benzene rings is 1. The number of aromatic nitrogens is 2. The summed E-state index contributed by atoms with van der Waals surface area (Å²) in [6, 6.07) is 8.85. The molecule has 1 atom stereocenters. The van der Waals surface area contributed by atoms with E-state index in [4.69, 9.17) is 4.98 Å². The Morgan fingerprint density at radius 2 is 2.00 bits per heavy atom. The number of hydrogen-bond acceptors (Lipinski definition) is 4. The molecule has 1 saturated heterocycles. The lowest BCUT2D eigenvalue weighted by molar-refractivity contribution is 0.200. The first-order valence-electron chi connectivity index (χ1n) is 9.45. The van der Waals surface area contributed by atoms with Crippen molar-refractivity contribution in [2.75, 3.05) is 13.1 Å². The van der Waals surface area contributed by atoms with Crippen molar-refractivity contribution in [3.63, 3.8) is 0 Å². The second kappa shape index (κ2) is 7.87. The number of aryl methyl sites for hydroxylation is 2. The van der Waals surface area contributed by atoms with Crippen molar-refractivity contribution in [3.05, 3.63) is 69.7 Å². The van der Waals surface area contributed by atoms with Gasteiger partial charge in [0.05, 0.1) is 5.69 Å². The second-order valence-electron chi connectivity index (χ2n) is 7.32. The standard InChI is InChI=1S/C22H24FN3S/c1-15-9-11-27-21(15)14-26-10-3-4-18(13-26)22-20(12-24-16(2)25-22)17-5-7-19(23)8-6-17/h5-9,11-12,18H,3-4,10,13-14H2,1-2H3/t18-/m1/s1. The molecule has 0 bridgehead atoms. The van der Waals surface area contributed by atoms with Gasteiger partial charge in [-0.1, -0.05) is 12.1 Å². The van der Waals surface area contributed by atoms with Crippen LogP contribution in [0.3, 0.4) is 0 Å². The summed E-state index contributed by atoms with van der Waals surface area (Å²) >= 11 is 1.84. The highest BCUT2D eigenvalue weighted by Gasteiger charge is 2.26. The van der Waals surface area contributed by atoms with Gasteiger partial charge in [0.25, 0.3) is 0 Å². The van der Waals surface area contributed by atoms with Crippen molar-refractivity contribution in [3.8, 4) is 11.1 Å². The summed E-state index contributed by atoms with van der Waals surface area (Å²) in [7, 11) is 0. The van der Waals surface area contributed by atoms with E-state index in [9.17, 15) is 4.39 Å². The third-order valence-electron chi connectivity index (χ3n) is 5.32. The highest BCUT2D eigenvalue weighted by molar-refractivity contribution is 7.10. The third-order valence-corrected chi connectivity index (χ3v) is 6.33. The van der Waals surface area contributed by atoms with Crippen LogP contribution in [0, 0.1) is 19.7 Å². The van der Waals surface area contributed by atoms with E-state index in [-0.39, 0.29) is 5.82 Å². The Morgan fingerprint density at radius 1 is 1.19 bits per heavy atom. The van der Waals surface area contributed by atoms with Gasteiger partial charge in [-0.15, -0.1) is 11.3 Å². The Morgan fingerprint density at radius 3 is 2.74 bits per heavy atom. The van der Waals surface area contributed by atoms with Gasteiger partial charge in [-0.25, -0.2) is 14.4 Å². The lowest BCUT2D eigenvalue weighted by atomic mass is 9.89. The fourth-order valence-corrected chi connectivity index (χ4v) is 4.79. The number of hydrogen-bond donors (Lipinski definition) is 0. The van der Waals surface area contributed by atoms with Crippen molar-refractivity contribution in [2.24, 2.45) is 0 Å². The minimum Gasteiger partial charge on any atom is -0.298 e. The fraction of sp³-hybridized carbons (Fsp3) is 0.364. The minimum atomic E-state index is -0.219. The first-order valence-corrected chi connectivity index (χ1v) is 10.3. The van der Waals surface area contributed by atoms with E-state index >= 15 is 0 Å². The van der Waals surface area contributed by atoms with E-state index in [1.165, 1.54) is 29.0 Å². The molecule has 0 saturated carbocycles. The summed E-state index contributed by atoms with van der Waals surface area (Å²) < 4.78 is 13.3. The van der Waals surface area contributed by atoms with Crippen molar-refractivity contribution >= 4 is 11.3 Å². The van der Waals surface area contributed by atoms with E-state index in [1.807, 2.05) is 36.6 Å². The van der Waals surface area contributed by atoms with Crippen LogP contribution in [0.2, 0.25) is 0 Å². The highest BCUT2D eigenvalue weighted by atomic mass is 32.1. The van der Waals surface area contributed by atoms with Crippen LogP contribution in [0.25, 0.3) is 11.1 Å². The Bertz CT molecular complexity index is 920. The van der Waals surface area contributed by atoms with Gasteiger partial charge in [-0.2, -0.15) is 0 Å². The van der Waals surface area contributed by atoms with Crippen LogP contribution in [-0.4, -0.2) is 28.0 Å². The molecule has 1 aromatic carbocycles. The first-order chi connectivity index (χ1) is 13.1. The third kappa shape index (κ3) is 4.09. The minimum absolute atomic E-state index is 0.219. The van der Waals surface area contributed by atoms with Gasteiger partial charge in [-0.3, -0.25) is 4.90 Å².